The van der Waals surface area contributed by atoms with E-state index >= 15 is 0 Å². The number of terminal acetylenes is 1. The summed E-state index contributed by atoms with van der Waals surface area (Å²) in [6, 6.07) is 4.88. The number of amides is 1. The molecule has 0 aliphatic heterocycles. The maximum atomic E-state index is 11.5. The normalized spacial score (nSPS) is 9.25. The fourth-order valence-electron chi connectivity index (χ4n) is 1.21. The molecule has 0 fully saturated rings. The van der Waals surface area contributed by atoms with Crippen molar-refractivity contribution in [3.8, 4) is 18.1 Å². The number of nitrogens with two attached hydrogens (primary N) is 1. The summed E-state index contributed by atoms with van der Waals surface area (Å²) in [7, 11) is 0. The van der Waals surface area contributed by atoms with Crippen molar-refractivity contribution in [2.45, 2.75) is 6.92 Å². The SMILES string of the molecule is C#CCNC(=O)c1ccc(OCC)c(N)c1. The summed E-state index contributed by atoms with van der Waals surface area (Å²) in [6.07, 6.45) is 5.04. The van der Waals surface area contributed by atoms with E-state index in [1.165, 1.54) is 0 Å². The zero-order valence-electron chi connectivity index (χ0n) is 9.12. The molecule has 3 N–H and O–H groups in total. The molecule has 1 amide bonds. The Balaban J connectivity index is 2.80. The molecule has 16 heavy (non-hydrogen) atoms. The Morgan fingerprint density at radius 1 is 1.62 bits per heavy atom. The Morgan fingerprint density at radius 2 is 2.38 bits per heavy atom. The molecule has 1 aromatic rings. The van der Waals surface area contributed by atoms with E-state index in [0.29, 0.717) is 23.6 Å². The van der Waals surface area contributed by atoms with Crippen LogP contribution in [0.1, 0.15) is 17.3 Å². The Morgan fingerprint density at radius 3 is 2.94 bits per heavy atom. The average Bonchev–Trinajstić information content (AvgIpc) is 2.29. The molecule has 1 aromatic carbocycles. The van der Waals surface area contributed by atoms with Crippen molar-refractivity contribution < 1.29 is 9.53 Å². The van der Waals surface area contributed by atoms with Crippen LogP contribution in [0.15, 0.2) is 18.2 Å². The minimum Gasteiger partial charge on any atom is -0.492 e. The number of hydrogen-bond acceptors (Lipinski definition) is 3. The van der Waals surface area contributed by atoms with Crippen LogP contribution in [0.5, 0.6) is 5.75 Å². The van der Waals surface area contributed by atoms with Gasteiger partial charge in [0.2, 0.25) is 0 Å². The van der Waals surface area contributed by atoms with Gasteiger partial charge in [0, 0.05) is 5.56 Å². The summed E-state index contributed by atoms with van der Waals surface area (Å²) in [5.74, 6) is 2.66. The van der Waals surface area contributed by atoms with Crippen molar-refractivity contribution in [2.24, 2.45) is 0 Å². The second-order valence-electron chi connectivity index (χ2n) is 3.07. The van der Waals surface area contributed by atoms with E-state index in [1.807, 2.05) is 6.92 Å². The van der Waals surface area contributed by atoms with Gasteiger partial charge in [-0.15, -0.1) is 6.42 Å². The van der Waals surface area contributed by atoms with E-state index in [0.717, 1.165) is 0 Å². The molecule has 4 heteroatoms. The Kier molecular flexibility index (Phi) is 4.22. The molecule has 0 radical (unpaired) electrons. The lowest BCUT2D eigenvalue weighted by atomic mass is 10.2. The van der Waals surface area contributed by atoms with Gasteiger partial charge in [0.25, 0.3) is 5.91 Å². The first-order chi connectivity index (χ1) is 7.69. The molecule has 0 atom stereocenters. The van der Waals surface area contributed by atoms with Crippen LogP contribution < -0.4 is 15.8 Å². The number of anilines is 1. The lowest BCUT2D eigenvalue weighted by molar-refractivity contribution is 0.0958. The summed E-state index contributed by atoms with van der Waals surface area (Å²) in [5, 5.41) is 2.56. The van der Waals surface area contributed by atoms with Gasteiger partial charge in [-0.25, -0.2) is 0 Å². The highest BCUT2D eigenvalue weighted by atomic mass is 16.5. The molecule has 0 heterocycles. The van der Waals surface area contributed by atoms with Crippen molar-refractivity contribution in [3.63, 3.8) is 0 Å². The van der Waals surface area contributed by atoms with Crippen LogP contribution >= 0.6 is 0 Å². The third kappa shape index (κ3) is 2.92. The highest BCUT2D eigenvalue weighted by molar-refractivity contribution is 5.95. The van der Waals surface area contributed by atoms with E-state index in [9.17, 15) is 4.79 Å². The van der Waals surface area contributed by atoms with E-state index in [4.69, 9.17) is 16.9 Å². The molecule has 84 valence electrons. The third-order valence-corrected chi connectivity index (χ3v) is 1.92. The van der Waals surface area contributed by atoms with Crippen molar-refractivity contribution >= 4 is 11.6 Å². The molecule has 0 unspecified atom stereocenters. The monoisotopic (exact) mass is 218 g/mol. The van der Waals surface area contributed by atoms with Crippen LogP contribution in [0.4, 0.5) is 5.69 Å². The molecular formula is C12H14N2O2. The smallest absolute Gasteiger partial charge is 0.252 e. The molecule has 0 saturated carbocycles. The van der Waals surface area contributed by atoms with Crippen LogP contribution in [-0.4, -0.2) is 19.1 Å². The van der Waals surface area contributed by atoms with E-state index in [-0.39, 0.29) is 12.5 Å². The molecule has 0 spiro atoms. The van der Waals surface area contributed by atoms with Crippen molar-refractivity contribution in [3.05, 3.63) is 23.8 Å². The number of carbonyl (C=O) groups excluding carboxylic acids is 1. The Labute approximate surface area is 94.8 Å². The van der Waals surface area contributed by atoms with Crippen molar-refractivity contribution in [2.75, 3.05) is 18.9 Å². The number of ether oxygens (including phenoxy) is 1. The van der Waals surface area contributed by atoms with Crippen molar-refractivity contribution in [1.82, 2.24) is 5.32 Å². The first-order valence-corrected chi connectivity index (χ1v) is 4.93. The van der Waals surface area contributed by atoms with Gasteiger partial charge in [-0.05, 0) is 25.1 Å². The van der Waals surface area contributed by atoms with Crippen LogP contribution in [0.3, 0.4) is 0 Å². The predicted octanol–water partition coefficient (Wildman–Crippen LogP) is 1.03. The van der Waals surface area contributed by atoms with Gasteiger partial charge in [0.05, 0.1) is 18.8 Å². The van der Waals surface area contributed by atoms with Gasteiger partial charge >= 0.3 is 0 Å². The number of benzene rings is 1. The van der Waals surface area contributed by atoms with Gasteiger partial charge in [0.15, 0.2) is 0 Å². The molecule has 0 aliphatic carbocycles. The summed E-state index contributed by atoms with van der Waals surface area (Å²) >= 11 is 0. The fourth-order valence-corrected chi connectivity index (χ4v) is 1.21. The molecule has 1 rings (SSSR count). The zero-order valence-corrected chi connectivity index (χ0v) is 9.12. The Bertz CT molecular complexity index is 422. The first kappa shape index (κ1) is 11.9. The highest BCUT2D eigenvalue weighted by Crippen LogP contribution is 2.22. The first-order valence-electron chi connectivity index (χ1n) is 4.93. The quantitative estimate of drug-likeness (QED) is 0.586. The van der Waals surface area contributed by atoms with Crippen LogP contribution in [0.2, 0.25) is 0 Å². The maximum absolute atomic E-state index is 11.5. The second kappa shape index (κ2) is 5.66. The third-order valence-electron chi connectivity index (χ3n) is 1.92. The van der Waals surface area contributed by atoms with E-state index in [2.05, 4.69) is 11.2 Å². The number of hydrogen-bond donors (Lipinski definition) is 2. The molecule has 0 aromatic heterocycles. The lowest BCUT2D eigenvalue weighted by Gasteiger charge is -2.08. The topological polar surface area (TPSA) is 64.3 Å². The van der Waals surface area contributed by atoms with Gasteiger partial charge in [-0.2, -0.15) is 0 Å². The average molecular weight is 218 g/mol. The summed E-state index contributed by atoms with van der Waals surface area (Å²) in [6.45, 7) is 2.60. The number of rotatable bonds is 4. The maximum Gasteiger partial charge on any atom is 0.252 e. The summed E-state index contributed by atoms with van der Waals surface area (Å²) in [4.78, 5) is 11.5. The van der Waals surface area contributed by atoms with Crippen LogP contribution in [-0.2, 0) is 0 Å². The minimum absolute atomic E-state index is 0.200. The molecule has 0 bridgehead atoms. The van der Waals surface area contributed by atoms with E-state index in [1.54, 1.807) is 18.2 Å². The van der Waals surface area contributed by atoms with Gasteiger partial charge in [0.1, 0.15) is 5.75 Å². The summed E-state index contributed by atoms with van der Waals surface area (Å²) in [5.41, 5.74) is 6.64. The van der Waals surface area contributed by atoms with Crippen LogP contribution in [0.25, 0.3) is 0 Å². The van der Waals surface area contributed by atoms with E-state index < -0.39 is 0 Å². The minimum atomic E-state index is -0.243. The number of carbonyl (C=O) groups is 1. The Hall–Kier alpha value is -2.15. The molecule has 4 nitrogen and oxygen atoms in total. The zero-order chi connectivity index (χ0) is 12.0. The highest BCUT2D eigenvalue weighted by Gasteiger charge is 2.07. The van der Waals surface area contributed by atoms with Gasteiger partial charge < -0.3 is 15.8 Å². The number of nitrogens with one attached hydrogen (secondary N) is 1. The van der Waals surface area contributed by atoms with Crippen LogP contribution in [0, 0.1) is 12.3 Å². The second-order valence-corrected chi connectivity index (χ2v) is 3.07. The largest absolute Gasteiger partial charge is 0.492 e. The molecular weight excluding hydrogens is 204 g/mol. The molecule has 0 aliphatic rings. The van der Waals surface area contributed by atoms with Crippen molar-refractivity contribution in [1.29, 1.82) is 0 Å². The molecule has 0 saturated heterocycles. The predicted molar refractivity (Wildman–Crippen MR) is 63.2 cm³/mol. The summed E-state index contributed by atoms with van der Waals surface area (Å²) < 4.78 is 5.26. The van der Waals surface area contributed by atoms with Gasteiger partial charge in [-0.1, -0.05) is 5.92 Å². The number of nitrogen functional groups attached to an aromatic ring is 1. The standard InChI is InChI=1S/C12H14N2O2/c1-3-7-14-12(15)9-5-6-11(16-4-2)10(13)8-9/h1,5-6,8H,4,7,13H2,2H3,(H,14,15). The fraction of sp³-hybridized carbons (Fsp3) is 0.250. The lowest BCUT2D eigenvalue weighted by Crippen LogP contribution is -2.23. The van der Waals surface area contributed by atoms with Gasteiger partial charge in [-0.3, -0.25) is 4.79 Å².